The highest BCUT2D eigenvalue weighted by molar-refractivity contribution is 5.67. The first-order valence-corrected chi connectivity index (χ1v) is 4.92. The third-order valence-corrected chi connectivity index (χ3v) is 2.53. The van der Waals surface area contributed by atoms with Crippen LogP contribution in [-0.4, -0.2) is 22.9 Å². The van der Waals surface area contributed by atoms with Crippen LogP contribution in [0.5, 0.6) is 0 Å². The van der Waals surface area contributed by atoms with Crippen LogP contribution in [0.4, 0.5) is 17.1 Å². The van der Waals surface area contributed by atoms with Crippen molar-refractivity contribution in [1.82, 2.24) is 0 Å². The molecule has 1 aromatic rings. The van der Waals surface area contributed by atoms with E-state index in [9.17, 15) is 20.2 Å². The molecule has 0 bridgehead atoms. The van der Waals surface area contributed by atoms with E-state index in [4.69, 9.17) is 0 Å². The topological polar surface area (TPSA) is 89.5 Å². The van der Waals surface area contributed by atoms with E-state index < -0.39 is 9.85 Å². The van der Waals surface area contributed by atoms with Crippen molar-refractivity contribution in [2.75, 3.05) is 18.0 Å². The van der Waals surface area contributed by atoms with Gasteiger partial charge in [0.2, 0.25) is 0 Å². The molecule has 2 rings (SSSR count). The summed E-state index contributed by atoms with van der Waals surface area (Å²) in [6.45, 7) is 1.16. The van der Waals surface area contributed by atoms with Gasteiger partial charge in [-0.2, -0.15) is 0 Å². The number of benzene rings is 1. The molecule has 0 fully saturated rings. The molecule has 0 atom stereocenters. The van der Waals surface area contributed by atoms with Crippen molar-refractivity contribution < 1.29 is 9.85 Å². The molecule has 1 aromatic carbocycles. The molecule has 1 heterocycles. The quantitative estimate of drug-likeness (QED) is 0.453. The number of anilines is 1. The summed E-state index contributed by atoms with van der Waals surface area (Å²) in [7, 11) is 0. The number of non-ortho nitro benzene ring substituents is 1. The molecule has 0 radical (unpaired) electrons. The maximum atomic E-state index is 10.9. The minimum absolute atomic E-state index is 0.233. The predicted molar refractivity (Wildman–Crippen MR) is 61.1 cm³/mol. The van der Waals surface area contributed by atoms with Crippen LogP contribution in [-0.2, 0) is 0 Å². The maximum Gasteiger partial charge on any atom is 0.299 e. The Bertz CT molecular complexity index is 504. The highest BCUT2D eigenvalue weighted by atomic mass is 16.6. The number of hydrogen-bond donors (Lipinski definition) is 0. The Balaban J connectivity index is 2.44. The molecule has 0 aliphatic carbocycles. The van der Waals surface area contributed by atoms with E-state index in [1.165, 1.54) is 12.1 Å². The number of nitro benzene ring substituents is 2. The summed E-state index contributed by atoms with van der Waals surface area (Å²) >= 11 is 0. The van der Waals surface area contributed by atoms with Gasteiger partial charge in [-0.05, 0) is 6.07 Å². The van der Waals surface area contributed by atoms with Gasteiger partial charge in [-0.15, -0.1) is 0 Å². The molecule has 17 heavy (non-hydrogen) atoms. The molecule has 1 aliphatic rings. The van der Waals surface area contributed by atoms with Gasteiger partial charge in [0.1, 0.15) is 5.69 Å². The zero-order chi connectivity index (χ0) is 12.4. The van der Waals surface area contributed by atoms with Crippen molar-refractivity contribution in [3.8, 4) is 0 Å². The molecular formula is C10H9N3O4. The number of rotatable bonds is 3. The van der Waals surface area contributed by atoms with Crippen molar-refractivity contribution in [1.29, 1.82) is 0 Å². The third kappa shape index (κ3) is 2.07. The fourth-order valence-electron chi connectivity index (χ4n) is 1.71. The van der Waals surface area contributed by atoms with Gasteiger partial charge in [0.15, 0.2) is 0 Å². The molecule has 0 unspecified atom stereocenters. The largest absolute Gasteiger partial charge is 0.359 e. The van der Waals surface area contributed by atoms with Gasteiger partial charge < -0.3 is 4.90 Å². The highest BCUT2D eigenvalue weighted by Crippen LogP contribution is 2.32. The summed E-state index contributed by atoms with van der Waals surface area (Å²) in [5.74, 6) is 0. The van der Waals surface area contributed by atoms with Gasteiger partial charge in [0.25, 0.3) is 11.4 Å². The standard InChI is InChI=1S/C10H9N3O4/c14-12(15)8-3-4-9(10(7-8)13(16)17)11-5-1-2-6-11/h1-4,7H,5-6H2. The van der Waals surface area contributed by atoms with Gasteiger partial charge in [-0.25, -0.2) is 0 Å². The van der Waals surface area contributed by atoms with Crippen molar-refractivity contribution in [2.45, 2.75) is 0 Å². The van der Waals surface area contributed by atoms with Crippen LogP contribution in [0, 0.1) is 20.2 Å². The van der Waals surface area contributed by atoms with Crippen LogP contribution >= 0.6 is 0 Å². The zero-order valence-corrected chi connectivity index (χ0v) is 8.78. The van der Waals surface area contributed by atoms with Crippen molar-refractivity contribution in [3.05, 3.63) is 50.6 Å². The average Bonchev–Trinajstić information content (AvgIpc) is 2.81. The number of hydrogen-bond acceptors (Lipinski definition) is 5. The Labute approximate surface area is 96.3 Å². The lowest BCUT2D eigenvalue weighted by molar-refractivity contribution is -0.393. The molecular weight excluding hydrogens is 226 g/mol. The molecule has 0 spiro atoms. The van der Waals surface area contributed by atoms with Crippen LogP contribution in [0.15, 0.2) is 30.4 Å². The molecule has 7 heteroatoms. The fourth-order valence-corrected chi connectivity index (χ4v) is 1.71. The molecule has 0 N–H and O–H groups in total. The van der Waals surface area contributed by atoms with Crippen molar-refractivity contribution >= 4 is 17.1 Å². The fraction of sp³-hybridized carbons (Fsp3) is 0.200. The van der Waals surface area contributed by atoms with E-state index >= 15 is 0 Å². The molecule has 1 aliphatic heterocycles. The first-order chi connectivity index (χ1) is 8.09. The van der Waals surface area contributed by atoms with E-state index in [1.54, 1.807) is 4.90 Å². The lowest BCUT2D eigenvalue weighted by Crippen LogP contribution is -2.19. The minimum Gasteiger partial charge on any atom is -0.359 e. The zero-order valence-electron chi connectivity index (χ0n) is 8.78. The van der Waals surface area contributed by atoms with Gasteiger partial charge in [0, 0.05) is 19.2 Å². The van der Waals surface area contributed by atoms with E-state index in [-0.39, 0.29) is 11.4 Å². The van der Waals surface area contributed by atoms with Crippen LogP contribution in [0.25, 0.3) is 0 Å². The maximum absolute atomic E-state index is 10.9. The SMILES string of the molecule is O=[N+]([O-])c1ccc(N2CC=CC2)c([N+](=O)[O-])c1. The summed E-state index contributed by atoms with van der Waals surface area (Å²) in [6, 6.07) is 3.69. The predicted octanol–water partition coefficient (Wildman–Crippen LogP) is 1.88. The van der Waals surface area contributed by atoms with Gasteiger partial charge in [-0.1, -0.05) is 12.2 Å². The molecule has 0 saturated heterocycles. The lowest BCUT2D eigenvalue weighted by Gasteiger charge is -2.16. The number of nitro groups is 2. The lowest BCUT2D eigenvalue weighted by atomic mass is 10.2. The van der Waals surface area contributed by atoms with Crippen LogP contribution in [0.2, 0.25) is 0 Å². The highest BCUT2D eigenvalue weighted by Gasteiger charge is 2.23. The summed E-state index contributed by atoms with van der Waals surface area (Å²) in [6.07, 6.45) is 3.79. The second-order valence-electron chi connectivity index (χ2n) is 3.56. The van der Waals surface area contributed by atoms with Gasteiger partial charge in [0.05, 0.1) is 15.9 Å². The number of nitrogens with zero attached hydrogens (tertiary/aromatic N) is 3. The molecule has 88 valence electrons. The Hall–Kier alpha value is -2.44. The Morgan fingerprint density at radius 2 is 1.71 bits per heavy atom. The van der Waals surface area contributed by atoms with Gasteiger partial charge >= 0.3 is 0 Å². The first-order valence-electron chi connectivity index (χ1n) is 4.92. The van der Waals surface area contributed by atoms with Crippen LogP contribution in [0.1, 0.15) is 0 Å². The average molecular weight is 235 g/mol. The van der Waals surface area contributed by atoms with E-state index in [2.05, 4.69) is 0 Å². The summed E-state index contributed by atoms with van der Waals surface area (Å²) in [4.78, 5) is 22.0. The van der Waals surface area contributed by atoms with Crippen LogP contribution in [0.3, 0.4) is 0 Å². The van der Waals surface area contributed by atoms with Crippen molar-refractivity contribution in [3.63, 3.8) is 0 Å². The molecule has 0 amide bonds. The Kier molecular flexibility index (Phi) is 2.73. The molecule has 0 aromatic heterocycles. The summed E-state index contributed by atoms with van der Waals surface area (Å²) in [5.41, 5.74) is -0.0962. The first kappa shape index (κ1) is 11.1. The Morgan fingerprint density at radius 1 is 1.06 bits per heavy atom. The van der Waals surface area contributed by atoms with E-state index in [0.29, 0.717) is 18.8 Å². The van der Waals surface area contributed by atoms with E-state index in [0.717, 1.165) is 6.07 Å². The van der Waals surface area contributed by atoms with E-state index in [1.807, 2.05) is 12.2 Å². The second-order valence-corrected chi connectivity index (χ2v) is 3.56. The summed E-state index contributed by atoms with van der Waals surface area (Å²) in [5, 5.41) is 21.5. The van der Waals surface area contributed by atoms with Crippen molar-refractivity contribution in [2.24, 2.45) is 0 Å². The molecule has 0 saturated carbocycles. The van der Waals surface area contributed by atoms with Gasteiger partial charge in [-0.3, -0.25) is 20.2 Å². The second kappa shape index (κ2) is 4.20. The normalized spacial score (nSPS) is 14.0. The molecule has 7 nitrogen and oxygen atoms in total. The smallest absolute Gasteiger partial charge is 0.299 e. The monoisotopic (exact) mass is 235 g/mol. The Morgan fingerprint density at radius 3 is 2.24 bits per heavy atom. The third-order valence-electron chi connectivity index (χ3n) is 2.53. The minimum atomic E-state index is -0.640. The summed E-state index contributed by atoms with van der Waals surface area (Å²) < 4.78 is 0. The van der Waals surface area contributed by atoms with Crippen LogP contribution < -0.4 is 4.90 Å².